The van der Waals surface area contributed by atoms with Crippen molar-refractivity contribution in [2.75, 3.05) is 18.4 Å². The standard InChI is InChI=1S/C20H21N3O3S2/c1-14-7-5-10-17-18(14)21-20(27-17)22-19(24)15-8-6-9-16(13-15)28(25,26)23-11-3-2-4-12-23/h5-10,13H,2-4,11-12H2,1H3,(H,21,22,24). The van der Waals surface area contributed by atoms with Crippen LogP contribution in [0.1, 0.15) is 35.2 Å². The van der Waals surface area contributed by atoms with Crippen molar-refractivity contribution in [3.05, 3.63) is 53.6 Å². The number of thiazole rings is 1. The molecule has 0 unspecified atom stereocenters. The van der Waals surface area contributed by atoms with Gasteiger partial charge in [0.2, 0.25) is 10.0 Å². The Morgan fingerprint density at radius 2 is 1.86 bits per heavy atom. The average Bonchev–Trinajstić information content (AvgIpc) is 3.12. The molecule has 4 rings (SSSR count). The van der Waals surface area contributed by atoms with Crippen LogP contribution in [-0.4, -0.2) is 36.7 Å². The normalized spacial score (nSPS) is 15.6. The van der Waals surface area contributed by atoms with E-state index >= 15 is 0 Å². The third-order valence-electron chi connectivity index (χ3n) is 4.89. The van der Waals surface area contributed by atoms with Gasteiger partial charge in [-0.25, -0.2) is 13.4 Å². The molecule has 3 aromatic rings. The van der Waals surface area contributed by atoms with Crippen LogP contribution >= 0.6 is 11.3 Å². The molecule has 1 fully saturated rings. The van der Waals surface area contributed by atoms with Crippen LogP contribution in [-0.2, 0) is 10.0 Å². The van der Waals surface area contributed by atoms with Gasteiger partial charge in [0.1, 0.15) is 0 Å². The van der Waals surface area contributed by atoms with Crippen molar-refractivity contribution < 1.29 is 13.2 Å². The minimum atomic E-state index is -3.58. The average molecular weight is 416 g/mol. The van der Waals surface area contributed by atoms with E-state index in [4.69, 9.17) is 0 Å². The SMILES string of the molecule is Cc1cccc2sc(NC(=O)c3cccc(S(=O)(=O)N4CCCCC4)c3)nc12. The second kappa shape index (κ2) is 7.62. The minimum Gasteiger partial charge on any atom is -0.298 e. The van der Waals surface area contributed by atoms with Crippen LogP contribution < -0.4 is 5.32 Å². The Morgan fingerprint density at radius 1 is 1.11 bits per heavy atom. The Morgan fingerprint density at radius 3 is 2.61 bits per heavy atom. The Balaban J connectivity index is 1.58. The summed E-state index contributed by atoms with van der Waals surface area (Å²) in [5.41, 5.74) is 2.21. The smallest absolute Gasteiger partial charge is 0.257 e. The van der Waals surface area contributed by atoms with Gasteiger partial charge >= 0.3 is 0 Å². The first-order valence-corrected chi connectivity index (χ1v) is 11.5. The molecule has 6 nitrogen and oxygen atoms in total. The lowest BCUT2D eigenvalue weighted by atomic mass is 10.2. The summed E-state index contributed by atoms with van der Waals surface area (Å²) in [4.78, 5) is 17.3. The first kappa shape index (κ1) is 19.0. The molecular formula is C20H21N3O3S2. The predicted molar refractivity (Wildman–Crippen MR) is 111 cm³/mol. The number of sulfonamides is 1. The Labute approximate surface area is 168 Å². The molecule has 0 radical (unpaired) electrons. The molecular weight excluding hydrogens is 394 g/mol. The molecule has 1 aliphatic rings. The van der Waals surface area contributed by atoms with Gasteiger partial charge in [0.15, 0.2) is 5.13 Å². The first-order valence-electron chi connectivity index (χ1n) is 9.23. The summed E-state index contributed by atoms with van der Waals surface area (Å²) >= 11 is 1.40. The van der Waals surface area contributed by atoms with Gasteiger partial charge in [-0.2, -0.15) is 4.31 Å². The largest absolute Gasteiger partial charge is 0.298 e. The van der Waals surface area contributed by atoms with Crippen molar-refractivity contribution in [3.63, 3.8) is 0 Å². The van der Waals surface area contributed by atoms with E-state index in [-0.39, 0.29) is 10.8 Å². The summed E-state index contributed by atoms with van der Waals surface area (Å²) < 4.78 is 28.2. The monoisotopic (exact) mass is 415 g/mol. The van der Waals surface area contributed by atoms with Gasteiger partial charge in [-0.3, -0.25) is 10.1 Å². The second-order valence-electron chi connectivity index (χ2n) is 6.89. The fraction of sp³-hybridized carbons (Fsp3) is 0.300. The highest BCUT2D eigenvalue weighted by atomic mass is 32.2. The number of aryl methyl sites for hydroxylation is 1. The van der Waals surface area contributed by atoms with Gasteiger partial charge in [-0.15, -0.1) is 0 Å². The molecule has 1 N–H and O–H groups in total. The van der Waals surface area contributed by atoms with E-state index in [9.17, 15) is 13.2 Å². The highest BCUT2D eigenvalue weighted by Gasteiger charge is 2.26. The molecule has 8 heteroatoms. The van der Waals surface area contributed by atoms with Crippen LogP contribution in [0.25, 0.3) is 10.2 Å². The summed E-state index contributed by atoms with van der Waals surface area (Å²) in [7, 11) is -3.58. The third kappa shape index (κ3) is 3.67. The fourth-order valence-electron chi connectivity index (χ4n) is 3.36. The number of amides is 1. The maximum atomic E-state index is 12.9. The molecule has 0 saturated carbocycles. The maximum Gasteiger partial charge on any atom is 0.257 e. The van der Waals surface area contributed by atoms with E-state index in [0.717, 1.165) is 35.0 Å². The number of anilines is 1. The summed E-state index contributed by atoms with van der Waals surface area (Å²) in [5.74, 6) is -0.368. The number of rotatable bonds is 4. The molecule has 0 bridgehead atoms. The number of hydrogen-bond donors (Lipinski definition) is 1. The fourth-order valence-corrected chi connectivity index (χ4v) is 5.86. The maximum absolute atomic E-state index is 12.9. The van der Waals surface area contributed by atoms with Crippen molar-refractivity contribution >= 4 is 42.6 Å². The van der Waals surface area contributed by atoms with Crippen molar-refractivity contribution in [2.24, 2.45) is 0 Å². The third-order valence-corrected chi connectivity index (χ3v) is 7.72. The zero-order chi connectivity index (χ0) is 19.7. The van der Waals surface area contributed by atoms with E-state index in [1.54, 1.807) is 18.2 Å². The molecule has 1 aliphatic heterocycles. The summed E-state index contributed by atoms with van der Waals surface area (Å²) in [6, 6.07) is 12.1. The molecule has 1 amide bonds. The summed E-state index contributed by atoms with van der Waals surface area (Å²) in [6.45, 7) is 3.04. The van der Waals surface area contributed by atoms with Crippen molar-refractivity contribution in [1.82, 2.24) is 9.29 Å². The zero-order valence-corrected chi connectivity index (χ0v) is 17.1. The number of hydrogen-bond acceptors (Lipinski definition) is 5. The summed E-state index contributed by atoms with van der Waals surface area (Å²) in [6.07, 6.45) is 2.79. The molecule has 2 heterocycles. The van der Waals surface area contributed by atoms with Crippen LogP contribution in [0.15, 0.2) is 47.4 Å². The van der Waals surface area contributed by atoms with E-state index in [2.05, 4.69) is 10.3 Å². The van der Waals surface area contributed by atoms with Crippen molar-refractivity contribution in [3.8, 4) is 0 Å². The molecule has 1 aromatic heterocycles. The van der Waals surface area contributed by atoms with Crippen LogP contribution in [0.2, 0.25) is 0 Å². The topological polar surface area (TPSA) is 79.4 Å². The number of benzene rings is 2. The first-order chi connectivity index (χ1) is 13.4. The Bertz CT molecular complexity index is 1130. The Hall–Kier alpha value is -2.29. The number of fused-ring (bicyclic) bond motifs is 1. The van der Waals surface area contributed by atoms with E-state index in [1.165, 1.54) is 21.7 Å². The van der Waals surface area contributed by atoms with Crippen molar-refractivity contribution in [1.29, 1.82) is 0 Å². The molecule has 146 valence electrons. The molecule has 28 heavy (non-hydrogen) atoms. The van der Waals surface area contributed by atoms with Gasteiger partial charge in [0.05, 0.1) is 15.1 Å². The number of nitrogens with one attached hydrogen (secondary N) is 1. The lowest BCUT2D eigenvalue weighted by Crippen LogP contribution is -2.35. The second-order valence-corrected chi connectivity index (χ2v) is 9.86. The highest BCUT2D eigenvalue weighted by Crippen LogP contribution is 2.28. The lowest BCUT2D eigenvalue weighted by Gasteiger charge is -2.26. The van der Waals surface area contributed by atoms with Crippen LogP contribution in [0, 0.1) is 6.92 Å². The van der Waals surface area contributed by atoms with E-state index in [1.807, 2.05) is 25.1 Å². The quantitative estimate of drug-likeness (QED) is 0.698. The molecule has 1 saturated heterocycles. The predicted octanol–water partition coefficient (Wildman–Crippen LogP) is 4.03. The zero-order valence-electron chi connectivity index (χ0n) is 15.5. The lowest BCUT2D eigenvalue weighted by molar-refractivity contribution is 0.102. The summed E-state index contributed by atoms with van der Waals surface area (Å²) in [5, 5.41) is 3.29. The number of nitrogens with zero attached hydrogens (tertiary/aromatic N) is 2. The molecule has 2 aromatic carbocycles. The van der Waals surface area contributed by atoms with Gasteiger partial charge in [0, 0.05) is 18.7 Å². The number of aromatic nitrogens is 1. The molecule has 0 spiro atoms. The van der Waals surface area contributed by atoms with E-state index < -0.39 is 10.0 Å². The highest BCUT2D eigenvalue weighted by molar-refractivity contribution is 7.89. The van der Waals surface area contributed by atoms with Crippen LogP contribution in [0.5, 0.6) is 0 Å². The van der Waals surface area contributed by atoms with Gasteiger partial charge in [-0.05, 0) is 49.6 Å². The minimum absolute atomic E-state index is 0.155. The van der Waals surface area contributed by atoms with Crippen molar-refractivity contribution in [2.45, 2.75) is 31.1 Å². The van der Waals surface area contributed by atoms with E-state index in [0.29, 0.717) is 23.8 Å². The number of piperidine rings is 1. The Kier molecular flexibility index (Phi) is 5.18. The van der Waals surface area contributed by atoms with Crippen LogP contribution in [0.3, 0.4) is 0 Å². The molecule has 0 aliphatic carbocycles. The van der Waals surface area contributed by atoms with Crippen LogP contribution in [0.4, 0.5) is 5.13 Å². The number of carbonyl (C=O) groups is 1. The van der Waals surface area contributed by atoms with Gasteiger partial charge < -0.3 is 0 Å². The number of para-hydroxylation sites is 1. The van der Waals surface area contributed by atoms with Gasteiger partial charge in [-0.1, -0.05) is 36.0 Å². The molecule has 0 atom stereocenters. The van der Waals surface area contributed by atoms with Gasteiger partial charge in [0.25, 0.3) is 5.91 Å². The number of carbonyl (C=O) groups excluding carboxylic acids is 1.